The number of benzene rings is 1. The molecule has 0 saturated heterocycles. The third-order valence-electron chi connectivity index (χ3n) is 3.29. The lowest BCUT2D eigenvalue weighted by atomic mass is 10.2. The smallest absolute Gasteiger partial charge is 0.227 e. The first-order chi connectivity index (χ1) is 11.3. The summed E-state index contributed by atoms with van der Waals surface area (Å²) in [5.41, 5.74) is 1.65. The van der Waals surface area contributed by atoms with Crippen LogP contribution in [0.2, 0.25) is 0 Å². The van der Waals surface area contributed by atoms with Gasteiger partial charge in [0.25, 0.3) is 0 Å². The second-order valence-corrected chi connectivity index (χ2v) is 6.26. The van der Waals surface area contributed by atoms with Crippen LogP contribution in [0.4, 0.5) is 11.6 Å². The van der Waals surface area contributed by atoms with Crippen LogP contribution in [0.1, 0.15) is 4.88 Å². The van der Waals surface area contributed by atoms with E-state index in [1.807, 2.05) is 37.4 Å². The fourth-order valence-corrected chi connectivity index (χ4v) is 3.00. The lowest BCUT2D eigenvalue weighted by Crippen LogP contribution is -2.15. The molecule has 1 aliphatic rings. The summed E-state index contributed by atoms with van der Waals surface area (Å²) in [6.45, 7) is 3.17. The Bertz CT molecular complexity index is 850. The van der Waals surface area contributed by atoms with Gasteiger partial charge in [0.05, 0.1) is 0 Å². The molecule has 4 rings (SSSR count). The van der Waals surface area contributed by atoms with Gasteiger partial charge in [-0.05, 0) is 25.1 Å². The Balaban J connectivity index is 1.59. The highest BCUT2D eigenvalue weighted by molar-refractivity contribution is 7.14. The van der Waals surface area contributed by atoms with E-state index in [0.29, 0.717) is 19.2 Å². The minimum Gasteiger partial charge on any atom is -0.486 e. The van der Waals surface area contributed by atoms with E-state index in [0.717, 1.165) is 32.8 Å². The number of nitrogens with zero attached hydrogens (tertiary/aromatic N) is 3. The van der Waals surface area contributed by atoms with Crippen LogP contribution in [0.15, 0.2) is 36.7 Å². The van der Waals surface area contributed by atoms with Crippen LogP contribution in [-0.4, -0.2) is 28.2 Å². The Morgan fingerprint density at radius 2 is 1.96 bits per heavy atom. The monoisotopic (exact) mass is 326 g/mol. The second kappa shape index (κ2) is 5.85. The van der Waals surface area contributed by atoms with Gasteiger partial charge in [-0.25, -0.2) is 15.0 Å². The molecule has 0 fully saturated rings. The van der Waals surface area contributed by atoms with Gasteiger partial charge in [0, 0.05) is 29.0 Å². The maximum absolute atomic E-state index is 5.58. The van der Waals surface area contributed by atoms with Gasteiger partial charge in [-0.3, -0.25) is 0 Å². The Morgan fingerprint density at radius 3 is 2.78 bits per heavy atom. The number of ether oxygens (including phenoxy) is 2. The molecule has 23 heavy (non-hydrogen) atoms. The van der Waals surface area contributed by atoms with Crippen molar-refractivity contribution in [2.75, 3.05) is 18.5 Å². The molecule has 3 heterocycles. The first kappa shape index (κ1) is 14.0. The van der Waals surface area contributed by atoms with E-state index in [2.05, 4.69) is 20.3 Å². The molecular weight excluding hydrogens is 312 g/mol. The molecule has 0 atom stereocenters. The summed E-state index contributed by atoms with van der Waals surface area (Å²) in [6.07, 6.45) is 3.56. The molecule has 0 amide bonds. The summed E-state index contributed by atoms with van der Waals surface area (Å²) in [5, 5.41) is 4.07. The van der Waals surface area contributed by atoms with Crippen LogP contribution < -0.4 is 14.8 Å². The zero-order valence-corrected chi connectivity index (χ0v) is 13.3. The van der Waals surface area contributed by atoms with E-state index >= 15 is 0 Å². The van der Waals surface area contributed by atoms with Crippen molar-refractivity contribution in [2.45, 2.75) is 6.92 Å². The third kappa shape index (κ3) is 2.95. The van der Waals surface area contributed by atoms with Crippen molar-refractivity contribution in [2.24, 2.45) is 0 Å². The average molecular weight is 326 g/mol. The van der Waals surface area contributed by atoms with Crippen molar-refractivity contribution in [3.8, 4) is 22.2 Å². The van der Waals surface area contributed by atoms with Crippen LogP contribution in [0.3, 0.4) is 0 Å². The molecule has 1 N–H and O–H groups in total. The number of aryl methyl sites for hydroxylation is 1. The fourth-order valence-electron chi connectivity index (χ4n) is 2.26. The van der Waals surface area contributed by atoms with Crippen LogP contribution >= 0.6 is 11.3 Å². The van der Waals surface area contributed by atoms with Crippen molar-refractivity contribution >= 4 is 23.0 Å². The van der Waals surface area contributed by atoms with Crippen LogP contribution in [0.25, 0.3) is 10.7 Å². The lowest BCUT2D eigenvalue weighted by Gasteiger charge is -2.19. The molecule has 0 radical (unpaired) electrons. The zero-order chi connectivity index (χ0) is 15.6. The summed E-state index contributed by atoms with van der Waals surface area (Å²) >= 11 is 1.61. The number of hydrogen-bond acceptors (Lipinski definition) is 7. The van der Waals surface area contributed by atoms with E-state index in [4.69, 9.17) is 9.47 Å². The molecule has 1 aromatic carbocycles. The van der Waals surface area contributed by atoms with Crippen LogP contribution in [0.5, 0.6) is 11.5 Å². The molecule has 0 unspecified atom stereocenters. The van der Waals surface area contributed by atoms with Gasteiger partial charge in [-0.2, -0.15) is 0 Å². The molecule has 1 aliphatic heterocycles. The first-order valence-corrected chi connectivity index (χ1v) is 8.02. The molecule has 0 aliphatic carbocycles. The van der Waals surface area contributed by atoms with Gasteiger partial charge >= 0.3 is 0 Å². The molecule has 3 aromatic rings. The topological polar surface area (TPSA) is 69.2 Å². The van der Waals surface area contributed by atoms with E-state index in [-0.39, 0.29) is 0 Å². The molecule has 7 heteroatoms. The predicted octanol–water partition coefficient (Wildman–Crippen LogP) is 3.42. The lowest BCUT2D eigenvalue weighted by molar-refractivity contribution is 0.171. The molecule has 0 saturated carbocycles. The SMILES string of the molecule is Cc1cnc(-c2ccnc(Nc3ccc4c(c3)OCCO4)n2)s1. The standard InChI is InChI=1S/C16H14N4O2S/c1-10-9-18-15(23-10)12-4-5-17-16(20-12)19-11-2-3-13-14(8-11)22-7-6-21-13/h2-5,8-9H,6-7H2,1H3,(H,17,19,20). The summed E-state index contributed by atoms with van der Waals surface area (Å²) in [5.74, 6) is 2.01. The van der Waals surface area contributed by atoms with Crippen molar-refractivity contribution in [3.63, 3.8) is 0 Å². The van der Waals surface area contributed by atoms with Gasteiger partial charge in [-0.15, -0.1) is 11.3 Å². The van der Waals surface area contributed by atoms with Gasteiger partial charge in [0.15, 0.2) is 11.5 Å². The second-order valence-electron chi connectivity index (χ2n) is 5.02. The third-order valence-corrected chi connectivity index (χ3v) is 4.23. The average Bonchev–Trinajstić information content (AvgIpc) is 3.02. The number of fused-ring (bicyclic) bond motifs is 1. The van der Waals surface area contributed by atoms with Crippen molar-refractivity contribution in [1.82, 2.24) is 15.0 Å². The van der Waals surface area contributed by atoms with E-state index in [9.17, 15) is 0 Å². The number of thiazole rings is 1. The Kier molecular flexibility index (Phi) is 3.55. The number of hydrogen-bond donors (Lipinski definition) is 1. The fraction of sp³-hybridized carbons (Fsp3) is 0.188. The largest absolute Gasteiger partial charge is 0.486 e. The molecule has 0 bridgehead atoms. The Hall–Kier alpha value is -2.67. The maximum Gasteiger partial charge on any atom is 0.227 e. The van der Waals surface area contributed by atoms with Crippen LogP contribution in [-0.2, 0) is 0 Å². The minimum atomic E-state index is 0.520. The molecule has 6 nitrogen and oxygen atoms in total. The van der Waals surface area contributed by atoms with Gasteiger partial charge in [-0.1, -0.05) is 0 Å². The quantitative estimate of drug-likeness (QED) is 0.795. The normalized spacial score (nSPS) is 12.9. The predicted molar refractivity (Wildman–Crippen MR) is 88.6 cm³/mol. The van der Waals surface area contributed by atoms with E-state index in [1.54, 1.807) is 17.5 Å². The van der Waals surface area contributed by atoms with Crippen LogP contribution in [0, 0.1) is 6.92 Å². The molecule has 116 valence electrons. The highest BCUT2D eigenvalue weighted by Gasteiger charge is 2.12. The molecule has 2 aromatic heterocycles. The van der Waals surface area contributed by atoms with Gasteiger partial charge < -0.3 is 14.8 Å². The van der Waals surface area contributed by atoms with Crippen molar-refractivity contribution in [3.05, 3.63) is 41.5 Å². The van der Waals surface area contributed by atoms with E-state index in [1.165, 1.54) is 0 Å². The number of aromatic nitrogens is 3. The molecule has 0 spiro atoms. The zero-order valence-electron chi connectivity index (χ0n) is 12.4. The highest BCUT2D eigenvalue weighted by atomic mass is 32.1. The van der Waals surface area contributed by atoms with Crippen molar-refractivity contribution < 1.29 is 9.47 Å². The summed E-state index contributed by atoms with van der Waals surface area (Å²) < 4.78 is 11.1. The van der Waals surface area contributed by atoms with Crippen molar-refractivity contribution in [1.29, 1.82) is 0 Å². The Morgan fingerprint density at radius 1 is 1.09 bits per heavy atom. The number of nitrogens with one attached hydrogen (secondary N) is 1. The summed E-state index contributed by atoms with van der Waals surface area (Å²) in [6, 6.07) is 7.54. The van der Waals surface area contributed by atoms with Gasteiger partial charge in [0.1, 0.15) is 23.9 Å². The summed E-state index contributed by atoms with van der Waals surface area (Å²) in [7, 11) is 0. The maximum atomic E-state index is 5.58. The first-order valence-electron chi connectivity index (χ1n) is 7.20. The molecular formula is C16H14N4O2S. The van der Waals surface area contributed by atoms with Gasteiger partial charge in [0.2, 0.25) is 5.95 Å². The number of anilines is 2. The van der Waals surface area contributed by atoms with E-state index < -0.39 is 0 Å². The Labute approximate surface area is 137 Å². The minimum absolute atomic E-state index is 0.520. The highest BCUT2D eigenvalue weighted by Crippen LogP contribution is 2.33. The number of rotatable bonds is 3. The summed E-state index contributed by atoms with van der Waals surface area (Å²) in [4.78, 5) is 14.3.